The first-order valence-electron chi connectivity index (χ1n) is 9.17. The molecule has 2 aliphatic heterocycles. The number of benzene rings is 1. The van der Waals surface area contributed by atoms with Gasteiger partial charge in [0.1, 0.15) is 0 Å². The normalized spacial score (nSPS) is 23.2. The molecule has 0 unspecified atom stereocenters. The summed E-state index contributed by atoms with van der Waals surface area (Å²) in [5, 5.41) is 0. The molecule has 1 aromatic carbocycles. The van der Waals surface area contributed by atoms with E-state index in [0.717, 1.165) is 63.2 Å². The summed E-state index contributed by atoms with van der Waals surface area (Å²) in [6, 6.07) is 7.91. The second kappa shape index (κ2) is 7.24. The van der Waals surface area contributed by atoms with Crippen molar-refractivity contribution >= 4 is 5.91 Å². The largest absolute Gasteiger partial charge is 0.376 e. The minimum Gasteiger partial charge on any atom is -0.376 e. The fourth-order valence-electron chi connectivity index (χ4n) is 3.98. The van der Waals surface area contributed by atoms with Crippen LogP contribution in [0.1, 0.15) is 42.1 Å². The number of hydrogen-bond acceptors (Lipinski definition) is 3. The van der Waals surface area contributed by atoms with Gasteiger partial charge in [0.2, 0.25) is 0 Å². The number of nitrogens with zero attached hydrogens (tertiary/aromatic N) is 2. The van der Waals surface area contributed by atoms with Gasteiger partial charge < -0.3 is 14.5 Å². The molecule has 4 heteroatoms. The molecule has 3 rings (SSSR count). The molecule has 132 valence electrons. The molecule has 0 N–H and O–H groups in total. The molecular weight excluding hydrogens is 300 g/mol. The minimum atomic E-state index is 0.176. The van der Waals surface area contributed by atoms with Gasteiger partial charge in [-0.25, -0.2) is 0 Å². The third-order valence-corrected chi connectivity index (χ3v) is 5.72. The number of ether oxygens (including phenoxy) is 1. The van der Waals surface area contributed by atoms with Gasteiger partial charge in [-0.05, 0) is 57.3 Å². The lowest BCUT2D eigenvalue weighted by Gasteiger charge is -2.38. The Hall–Kier alpha value is -1.39. The Labute approximate surface area is 145 Å². The monoisotopic (exact) mass is 330 g/mol. The summed E-state index contributed by atoms with van der Waals surface area (Å²) in [7, 11) is 2.15. The third kappa shape index (κ3) is 3.81. The highest BCUT2D eigenvalue weighted by molar-refractivity contribution is 5.94. The van der Waals surface area contributed by atoms with Crippen molar-refractivity contribution in [3.63, 3.8) is 0 Å². The maximum Gasteiger partial charge on any atom is 0.253 e. The Bertz CT molecular complexity index is 579. The number of hydrogen-bond donors (Lipinski definition) is 0. The van der Waals surface area contributed by atoms with Gasteiger partial charge in [0.25, 0.3) is 5.91 Å². The number of carbonyl (C=O) groups excluding carboxylic acids is 1. The van der Waals surface area contributed by atoms with Crippen LogP contribution in [0.3, 0.4) is 0 Å². The number of piperidine rings is 1. The molecule has 1 spiro atoms. The van der Waals surface area contributed by atoms with Crippen molar-refractivity contribution in [3.8, 4) is 0 Å². The van der Waals surface area contributed by atoms with Crippen LogP contribution in [0, 0.1) is 12.3 Å². The summed E-state index contributed by atoms with van der Waals surface area (Å²) in [5.41, 5.74) is 2.25. The first kappa shape index (κ1) is 17.4. The Morgan fingerprint density at radius 2 is 2.12 bits per heavy atom. The predicted octanol–water partition coefficient (Wildman–Crippen LogP) is 2.96. The number of rotatable bonds is 4. The molecule has 0 aliphatic carbocycles. The van der Waals surface area contributed by atoms with Crippen LogP contribution >= 0.6 is 0 Å². The van der Waals surface area contributed by atoms with Crippen molar-refractivity contribution in [2.24, 2.45) is 5.41 Å². The summed E-state index contributed by atoms with van der Waals surface area (Å²) >= 11 is 0. The van der Waals surface area contributed by atoms with E-state index >= 15 is 0 Å². The fraction of sp³-hybridized carbons (Fsp3) is 0.650. The standard InChI is InChI=1S/C20H30N2O2/c1-4-21(3)14-18-13-20(15-24-18)8-10-22(11-9-20)19(23)17-7-5-6-16(2)12-17/h5-7,12,18H,4,8-11,13-15H2,1-3H3/t18-/m1/s1. The number of amides is 1. The lowest BCUT2D eigenvalue weighted by molar-refractivity contribution is 0.0463. The van der Waals surface area contributed by atoms with Gasteiger partial charge in [-0.1, -0.05) is 24.6 Å². The number of carbonyl (C=O) groups is 1. The van der Waals surface area contributed by atoms with E-state index < -0.39 is 0 Å². The third-order valence-electron chi connectivity index (χ3n) is 5.72. The van der Waals surface area contributed by atoms with E-state index in [-0.39, 0.29) is 5.91 Å². The van der Waals surface area contributed by atoms with E-state index in [9.17, 15) is 4.79 Å². The molecular formula is C20H30N2O2. The SMILES string of the molecule is CCN(C)C[C@H]1CC2(CCN(C(=O)c3cccc(C)c3)CC2)CO1. The van der Waals surface area contributed by atoms with E-state index in [2.05, 4.69) is 18.9 Å². The summed E-state index contributed by atoms with van der Waals surface area (Å²) in [4.78, 5) is 17.0. The lowest BCUT2D eigenvalue weighted by Crippen LogP contribution is -2.43. The van der Waals surface area contributed by atoms with Crippen LogP contribution in [0.4, 0.5) is 0 Å². The van der Waals surface area contributed by atoms with Crippen molar-refractivity contribution < 1.29 is 9.53 Å². The van der Waals surface area contributed by atoms with Gasteiger partial charge in [-0.3, -0.25) is 4.79 Å². The molecule has 2 fully saturated rings. The van der Waals surface area contributed by atoms with Gasteiger partial charge in [0.15, 0.2) is 0 Å². The molecule has 1 atom stereocenters. The highest BCUT2D eigenvalue weighted by Crippen LogP contribution is 2.42. The predicted molar refractivity (Wildman–Crippen MR) is 96.3 cm³/mol. The molecule has 2 heterocycles. The van der Waals surface area contributed by atoms with Gasteiger partial charge in [0.05, 0.1) is 12.7 Å². The van der Waals surface area contributed by atoms with Crippen molar-refractivity contribution in [2.75, 3.05) is 39.8 Å². The first-order chi connectivity index (χ1) is 11.5. The highest BCUT2D eigenvalue weighted by Gasteiger charge is 2.43. The topological polar surface area (TPSA) is 32.8 Å². The van der Waals surface area contributed by atoms with Gasteiger partial charge in [0, 0.05) is 25.2 Å². The zero-order chi connectivity index (χ0) is 17.2. The average Bonchev–Trinajstić information content (AvgIpc) is 2.97. The minimum absolute atomic E-state index is 0.176. The zero-order valence-electron chi connectivity index (χ0n) is 15.3. The van der Waals surface area contributed by atoms with Crippen molar-refractivity contribution in [1.29, 1.82) is 0 Å². The smallest absolute Gasteiger partial charge is 0.253 e. The van der Waals surface area contributed by atoms with Gasteiger partial charge in [-0.2, -0.15) is 0 Å². The van der Waals surface area contributed by atoms with E-state index in [1.165, 1.54) is 0 Å². The molecule has 0 saturated carbocycles. The second-order valence-corrected chi connectivity index (χ2v) is 7.65. The molecule has 4 nitrogen and oxygen atoms in total. The molecule has 0 bridgehead atoms. The maximum atomic E-state index is 12.7. The number of aryl methyl sites for hydroxylation is 1. The molecule has 0 radical (unpaired) electrons. The van der Waals surface area contributed by atoms with Crippen LogP contribution in [0.25, 0.3) is 0 Å². The average molecular weight is 330 g/mol. The molecule has 1 amide bonds. The lowest BCUT2D eigenvalue weighted by atomic mass is 9.76. The van der Waals surface area contributed by atoms with Crippen LogP contribution in [-0.2, 0) is 4.74 Å². The Morgan fingerprint density at radius 3 is 2.79 bits per heavy atom. The Balaban J connectivity index is 1.55. The zero-order valence-corrected chi connectivity index (χ0v) is 15.3. The summed E-state index contributed by atoms with van der Waals surface area (Å²) < 4.78 is 6.07. The highest BCUT2D eigenvalue weighted by atomic mass is 16.5. The summed E-state index contributed by atoms with van der Waals surface area (Å²) in [6.07, 6.45) is 3.63. The number of likely N-dealkylation sites (N-methyl/N-ethyl adjacent to an activating group) is 1. The van der Waals surface area contributed by atoms with E-state index in [1.807, 2.05) is 36.1 Å². The fourth-order valence-corrected chi connectivity index (χ4v) is 3.98. The molecule has 0 aromatic heterocycles. The van der Waals surface area contributed by atoms with E-state index in [4.69, 9.17) is 4.74 Å². The Kier molecular flexibility index (Phi) is 5.26. The van der Waals surface area contributed by atoms with E-state index in [0.29, 0.717) is 11.5 Å². The summed E-state index contributed by atoms with van der Waals surface area (Å²) in [5.74, 6) is 0.176. The molecule has 2 aliphatic rings. The van der Waals surface area contributed by atoms with Crippen LogP contribution in [0.15, 0.2) is 24.3 Å². The molecule has 2 saturated heterocycles. The Morgan fingerprint density at radius 1 is 1.38 bits per heavy atom. The van der Waals surface area contributed by atoms with E-state index in [1.54, 1.807) is 0 Å². The van der Waals surface area contributed by atoms with Crippen LogP contribution in [0.2, 0.25) is 0 Å². The van der Waals surface area contributed by atoms with Crippen LogP contribution in [-0.4, -0.2) is 61.6 Å². The first-order valence-corrected chi connectivity index (χ1v) is 9.17. The summed E-state index contributed by atoms with van der Waals surface area (Å²) in [6.45, 7) is 8.86. The quantitative estimate of drug-likeness (QED) is 0.851. The van der Waals surface area contributed by atoms with Crippen molar-refractivity contribution in [1.82, 2.24) is 9.80 Å². The molecule has 24 heavy (non-hydrogen) atoms. The van der Waals surface area contributed by atoms with Crippen molar-refractivity contribution in [3.05, 3.63) is 35.4 Å². The second-order valence-electron chi connectivity index (χ2n) is 7.65. The van der Waals surface area contributed by atoms with Crippen molar-refractivity contribution in [2.45, 2.75) is 39.2 Å². The van der Waals surface area contributed by atoms with Gasteiger partial charge in [-0.15, -0.1) is 0 Å². The number of likely N-dealkylation sites (tertiary alicyclic amines) is 1. The van der Waals surface area contributed by atoms with Crippen LogP contribution in [0.5, 0.6) is 0 Å². The molecule has 1 aromatic rings. The maximum absolute atomic E-state index is 12.7. The van der Waals surface area contributed by atoms with Crippen LogP contribution < -0.4 is 0 Å². The van der Waals surface area contributed by atoms with Gasteiger partial charge >= 0.3 is 0 Å².